The smallest absolute Gasteiger partial charge is 0.225 e. The quantitative estimate of drug-likeness (QED) is 0.799. The van der Waals surface area contributed by atoms with Crippen LogP contribution in [0.5, 0.6) is 0 Å². The van der Waals surface area contributed by atoms with Gasteiger partial charge in [-0.2, -0.15) is 0 Å². The van der Waals surface area contributed by atoms with E-state index < -0.39 is 0 Å². The Balaban J connectivity index is 1.92. The van der Waals surface area contributed by atoms with Crippen LogP contribution in [0.15, 0.2) is 12.4 Å². The van der Waals surface area contributed by atoms with Gasteiger partial charge in [0.15, 0.2) is 0 Å². The lowest BCUT2D eigenvalue weighted by Gasteiger charge is -2.36. The number of anilines is 1. The van der Waals surface area contributed by atoms with Crippen molar-refractivity contribution in [2.45, 2.75) is 38.8 Å². The maximum absolute atomic E-state index is 4.53. The van der Waals surface area contributed by atoms with Gasteiger partial charge in [-0.25, -0.2) is 9.97 Å². The third-order valence-electron chi connectivity index (χ3n) is 3.86. The molecule has 1 aliphatic rings. The highest BCUT2D eigenvalue weighted by Gasteiger charge is 2.22. The van der Waals surface area contributed by atoms with Crippen LogP contribution in [0.3, 0.4) is 0 Å². The number of rotatable bonds is 6. The number of hydrogen-bond acceptors (Lipinski definition) is 5. The van der Waals surface area contributed by atoms with Gasteiger partial charge >= 0.3 is 0 Å². The topological polar surface area (TPSA) is 44.3 Å². The SMILES string of the molecule is CCCNCc1cnc(N2CCCC(N(C)C)C2)nc1. The number of aromatic nitrogens is 2. The minimum Gasteiger partial charge on any atom is -0.339 e. The first kappa shape index (κ1) is 15.2. The van der Waals surface area contributed by atoms with Crippen LogP contribution in [-0.2, 0) is 6.54 Å². The van der Waals surface area contributed by atoms with E-state index in [4.69, 9.17) is 0 Å². The zero-order valence-electron chi connectivity index (χ0n) is 13.0. The van der Waals surface area contributed by atoms with Crippen LogP contribution in [0.25, 0.3) is 0 Å². The fraction of sp³-hybridized carbons (Fsp3) is 0.733. The zero-order valence-corrected chi connectivity index (χ0v) is 13.0. The van der Waals surface area contributed by atoms with Crippen LogP contribution in [0.1, 0.15) is 31.7 Å². The Morgan fingerprint density at radius 3 is 2.75 bits per heavy atom. The predicted molar refractivity (Wildman–Crippen MR) is 83.0 cm³/mol. The third kappa shape index (κ3) is 4.15. The van der Waals surface area contributed by atoms with Crippen molar-refractivity contribution >= 4 is 5.95 Å². The van der Waals surface area contributed by atoms with Crippen molar-refractivity contribution in [1.82, 2.24) is 20.2 Å². The van der Waals surface area contributed by atoms with E-state index in [0.29, 0.717) is 6.04 Å². The largest absolute Gasteiger partial charge is 0.339 e. The molecule has 0 radical (unpaired) electrons. The summed E-state index contributed by atoms with van der Waals surface area (Å²) in [6.45, 7) is 6.16. The lowest BCUT2D eigenvalue weighted by atomic mass is 10.1. The van der Waals surface area contributed by atoms with Gasteiger partial charge in [0.05, 0.1) is 0 Å². The van der Waals surface area contributed by atoms with E-state index in [9.17, 15) is 0 Å². The molecule has 5 nitrogen and oxygen atoms in total. The van der Waals surface area contributed by atoms with Crippen LogP contribution in [-0.4, -0.2) is 54.6 Å². The van der Waals surface area contributed by atoms with E-state index in [0.717, 1.165) is 44.1 Å². The lowest BCUT2D eigenvalue weighted by Crippen LogP contribution is -2.45. The average molecular weight is 277 g/mol. The van der Waals surface area contributed by atoms with Crippen molar-refractivity contribution in [2.24, 2.45) is 0 Å². The molecule has 0 aliphatic carbocycles. The number of nitrogens with one attached hydrogen (secondary N) is 1. The molecule has 1 fully saturated rings. The third-order valence-corrected chi connectivity index (χ3v) is 3.86. The predicted octanol–water partition coefficient (Wildman–Crippen LogP) is 1.51. The summed E-state index contributed by atoms with van der Waals surface area (Å²) in [6, 6.07) is 0.609. The molecular formula is C15H27N5. The molecule has 1 aromatic heterocycles. The van der Waals surface area contributed by atoms with Gasteiger partial charge in [-0.1, -0.05) is 6.92 Å². The molecule has 2 rings (SSSR count). The van der Waals surface area contributed by atoms with Gasteiger partial charge in [0.2, 0.25) is 5.95 Å². The summed E-state index contributed by atoms with van der Waals surface area (Å²) in [4.78, 5) is 13.7. The minimum absolute atomic E-state index is 0.609. The summed E-state index contributed by atoms with van der Waals surface area (Å²) in [7, 11) is 4.30. The van der Waals surface area contributed by atoms with Gasteiger partial charge in [0.25, 0.3) is 0 Å². The second-order valence-electron chi connectivity index (χ2n) is 5.77. The van der Waals surface area contributed by atoms with Gasteiger partial charge in [0, 0.05) is 43.6 Å². The molecular weight excluding hydrogens is 250 g/mol. The monoisotopic (exact) mass is 277 g/mol. The van der Waals surface area contributed by atoms with Crippen molar-refractivity contribution in [3.05, 3.63) is 18.0 Å². The summed E-state index contributed by atoms with van der Waals surface area (Å²) in [5, 5.41) is 3.37. The van der Waals surface area contributed by atoms with Crippen LogP contribution in [0.2, 0.25) is 0 Å². The fourth-order valence-corrected chi connectivity index (χ4v) is 2.57. The van der Waals surface area contributed by atoms with E-state index in [1.165, 1.54) is 12.8 Å². The van der Waals surface area contributed by atoms with Crippen molar-refractivity contribution in [3.63, 3.8) is 0 Å². The first-order valence-corrected chi connectivity index (χ1v) is 7.63. The summed E-state index contributed by atoms with van der Waals surface area (Å²) in [5.41, 5.74) is 1.16. The number of hydrogen-bond donors (Lipinski definition) is 1. The number of piperidine rings is 1. The molecule has 5 heteroatoms. The number of likely N-dealkylation sites (N-methyl/N-ethyl adjacent to an activating group) is 1. The normalized spacial score (nSPS) is 19.6. The Kier molecular flexibility index (Phi) is 5.73. The molecule has 112 valence electrons. The number of nitrogens with zero attached hydrogens (tertiary/aromatic N) is 4. The summed E-state index contributed by atoms with van der Waals surface area (Å²) in [6.07, 6.45) is 7.53. The van der Waals surface area contributed by atoms with Crippen LogP contribution in [0.4, 0.5) is 5.95 Å². The van der Waals surface area contributed by atoms with Crippen LogP contribution < -0.4 is 10.2 Å². The molecule has 0 aromatic carbocycles. The highest BCUT2D eigenvalue weighted by molar-refractivity contribution is 5.31. The van der Waals surface area contributed by atoms with Crippen molar-refractivity contribution in [3.8, 4) is 0 Å². The molecule has 1 unspecified atom stereocenters. The Morgan fingerprint density at radius 1 is 1.35 bits per heavy atom. The van der Waals surface area contributed by atoms with E-state index in [-0.39, 0.29) is 0 Å². The molecule has 0 spiro atoms. The van der Waals surface area contributed by atoms with Crippen molar-refractivity contribution in [1.29, 1.82) is 0 Å². The van der Waals surface area contributed by atoms with Gasteiger partial charge in [-0.05, 0) is 39.9 Å². The van der Waals surface area contributed by atoms with Crippen LogP contribution >= 0.6 is 0 Å². The molecule has 1 aromatic rings. The molecule has 1 N–H and O–H groups in total. The molecule has 1 aliphatic heterocycles. The zero-order chi connectivity index (χ0) is 14.4. The highest BCUT2D eigenvalue weighted by Crippen LogP contribution is 2.18. The maximum atomic E-state index is 4.53. The molecule has 20 heavy (non-hydrogen) atoms. The van der Waals surface area contributed by atoms with E-state index in [1.54, 1.807) is 0 Å². The van der Waals surface area contributed by atoms with Gasteiger partial charge in [-0.15, -0.1) is 0 Å². The summed E-state index contributed by atoms with van der Waals surface area (Å²) in [5.74, 6) is 0.871. The van der Waals surface area contributed by atoms with Crippen LogP contribution in [0, 0.1) is 0 Å². The van der Waals surface area contributed by atoms with E-state index in [1.807, 2.05) is 12.4 Å². The van der Waals surface area contributed by atoms with Crippen molar-refractivity contribution in [2.75, 3.05) is 38.6 Å². The fourth-order valence-electron chi connectivity index (χ4n) is 2.57. The highest BCUT2D eigenvalue weighted by atomic mass is 15.3. The molecule has 2 heterocycles. The minimum atomic E-state index is 0.609. The van der Waals surface area contributed by atoms with Gasteiger partial charge < -0.3 is 15.1 Å². The van der Waals surface area contributed by atoms with Crippen molar-refractivity contribution < 1.29 is 0 Å². The second kappa shape index (κ2) is 7.55. The molecule has 1 saturated heterocycles. The summed E-state index contributed by atoms with van der Waals surface area (Å²) < 4.78 is 0. The maximum Gasteiger partial charge on any atom is 0.225 e. The Bertz CT molecular complexity index is 390. The first-order valence-electron chi connectivity index (χ1n) is 7.63. The Morgan fingerprint density at radius 2 is 2.10 bits per heavy atom. The molecule has 0 bridgehead atoms. The molecule has 0 amide bonds. The standard InChI is InChI=1S/C15H27N5/c1-4-7-16-9-13-10-17-15(18-11-13)20-8-5-6-14(12-20)19(2)3/h10-11,14,16H,4-9,12H2,1-3H3. The Labute approximate surface area is 122 Å². The lowest BCUT2D eigenvalue weighted by molar-refractivity contribution is 0.257. The Hall–Kier alpha value is -1.20. The first-order chi connectivity index (χ1) is 9.70. The van der Waals surface area contributed by atoms with E-state index in [2.05, 4.69) is 46.1 Å². The van der Waals surface area contributed by atoms with Gasteiger partial charge in [0.1, 0.15) is 0 Å². The molecule has 0 saturated carbocycles. The summed E-state index contributed by atoms with van der Waals surface area (Å²) >= 11 is 0. The van der Waals surface area contributed by atoms with E-state index >= 15 is 0 Å². The average Bonchev–Trinajstić information content (AvgIpc) is 2.48. The molecule has 1 atom stereocenters. The van der Waals surface area contributed by atoms with Gasteiger partial charge in [-0.3, -0.25) is 0 Å². The second-order valence-corrected chi connectivity index (χ2v) is 5.77.